The maximum absolute atomic E-state index is 12.8. The normalized spacial score (nSPS) is 10.6. The molecule has 0 aliphatic carbocycles. The Morgan fingerprint density at radius 3 is 2.45 bits per heavy atom. The molecule has 20 heavy (non-hydrogen) atoms. The second kappa shape index (κ2) is 6.16. The Kier molecular flexibility index (Phi) is 4.31. The second-order valence-electron chi connectivity index (χ2n) is 4.47. The zero-order valence-corrected chi connectivity index (χ0v) is 11.4. The van der Waals surface area contributed by atoms with E-state index in [9.17, 15) is 4.39 Å². The van der Waals surface area contributed by atoms with Gasteiger partial charge in [0.25, 0.3) is 0 Å². The maximum atomic E-state index is 12.8. The Labute approximate surface area is 116 Å². The van der Waals surface area contributed by atoms with Crippen molar-refractivity contribution in [1.82, 2.24) is 15.0 Å². The predicted octanol–water partition coefficient (Wildman–Crippen LogP) is 1.70. The first-order valence-corrected chi connectivity index (χ1v) is 6.09. The number of nitrogen functional groups attached to an aromatic ring is 1. The summed E-state index contributed by atoms with van der Waals surface area (Å²) in [7, 11) is 3.68. The van der Waals surface area contributed by atoms with E-state index in [1.54, 1.807) is 17.1 Å². The molecule has 0 unspecified atom stereocenters. The summed E-state index contributed by atoms with van der Waals surface area (Å²) < 4.78 is 12.8. The molecule has 0 amide bonds. The zero-order valence-electron chi connectivity index (χ0n) is 11.4. The van der Waals surface area contributed by atoms with Crippen LogP contribution in [0.2, 0.25) is 0 Å². The third kappa shape index (κ3) is 3.55. The number of hydrogen-bond acceptors (Lipinski definition) is 6. The van der Waals surface area contributed by atoms with Crippen LogP contribution in [0.1, 0.15) is 5.56 Å². The summed E-state index contributed by atoms with van der Waals surface area (Å²) in [5.41, 5.74) is 10.3. The van der Waals surface area contributed by atoms with Crippen LogP contribution in [-0.2, 0) is 6.54 Å². The van der Waals surface area contributed by atoms with Crippen molar-refractivity contribution in [3.8, 4) is 0 Å². The molecule has 106 valence electrons. The molecule has 0 saturated carbocycles. The van der Waals surface area contributed by atoms with Gasteiger partial charge in [0.2, 0.25) is 0 Å². The van der Waals surface area contributed by atoms with Gasteiger partial charge in [-0.3, -0.25) is 0 Å². The van der Waals surface area contributed by atoms with Crippen LogP contribution in [0.5, 0.6) is 0 Å². The standard InChI is InChI=1S/C13H17FN6/c1-20(2)19-13-11(15)12(17-8-18-13)16-7-9-3-5-10(14)6-4-9/h3-6,8H,7,15H2,1-2H3,(H2,16,17,18,19). The van der Waals surface area contributed by atoms with E-state index in [1.165, 1.54) is 18.5 Å². The fraction of sp³-hybridized carbons (Fsp3) is 0.231. The van der Waals surface area contributed by atoms with Crippen molar-refractivity contribution in [2.24, 2.45) is 0 Å². The monoisotopic (exact) mass is 276 g/mol. The predicted molar refractivity (Wildman–Crippen MR) is 77.5 cm³/mol. The summed E-state index contributed by atoms with van der Waals surface area (Å²) in [5.74, 6) is 0.813. The van der Waals surface area contributed by atoms with Gasteiger partial charge in [-0.05, 0) is 17.7 Å². The van der Waals surface area contributed by atoms with E-state index >= 15 is 0 Å². The van der Waals surface area contributed by atoms with Crippen LogP contribution in [0.3, 0.4) is 0 Å². The van der Waals surface area contributed by atoms with E-state index in [4.69, 9.17) is 5.73 Å². The fourth-order valence-corrected chi connectivity index (χ4v) is 1.63. The molecule has 1 heterocycles. The lowest BCUT2D eigenvalue weighted by Gasteiger charge is -2.16. The van der Waals surface area contributed by atoms with Crippen LogP contribution in [0.25, 0.3) is 0 Å². The molecule has 0 fully saturated rings. The first-order valence-electron chi connectivity index (χ1n) is 6.09. The van der Waals surface area contributed by atoms with Crippen molar-refractivity contribution in [3.05, 3.63) is 42.0 Å². The van der Waals surface area contributed by atoms with E-state index in [0.717, 1.165) is 5.56 Å². The largest absolute Gasteiger partial charge is 0.393 e. The Morgan fingerprint density at radius 1 is 1.15 bits per heavy atom. The van der Waals surface area contributed by atoms with Crippen molar-refractivity contribution in [3.63, 3.8) is 0 Å². The van der Waals surface area contributed by atoms with Crippen molar-refractivity contribution in [2.45, 2.75) is 6.54 Å². The molecule has 0 radical (unpaired) electrons. The van der Waals surface area contributed by atoms with E-state index in [1.807, 2.05) is 14.1 Å². The lowest BCUT2D eigenvalue weighted by molar-refractivity contribution is 0.492. The summed E-state index contributed by atoms with van der Waals surface area (Å²) in [5, 5.41) is 4.84. The van der Waals surface area contributed by atoms with E-state index in [0.29, 0.717) is 23.9 Å². The van der Waals surface area contributed by atoms with Gasteiger partial charge in [0.05, 0.1) is 0 Å². The van der Waals surface area contributed by atoms with Gasteiger partial charge in [0.1, 0.15) is 17.8 Å². The minimum atomic E-state index is -0.257. The maximum Gasteiger partial charge on any atom is 0.169 e. The second-order valence-corrected chi connectivity index (χ2v) is 4.47. The number of rotatable bonds is 5. The quantitative estimate of drug-likeness (QED) is 0.721. The molecular weight excluding hydrogens is 259 g/mol. The minimum absolute atomic E-state index is 0.257. The average Bonchev–Trinajstić information content (AvgIpc) is 2.41. The minimum Gasteiger partial charge on any atom is -0.393 e. The van der Waals surface area contributed by atoms with Gasteiger partial charge in [0, 0.05) is 20.6 Å². The van der Waals surface area contributed by atoms with Crippen molar-refractivity contribution >= 4 is 17.3 Å². The van der Waals surface area contributed by atoms with Crippen LogP contribution in [0, 0.1) is 5.82 Å². The highest BCUT2D eigenvalue weighted by molar-refractivity contribution is 5.73. The molecule has 6 nitrogen and oxygen atoms in total. The van der Waals surface area contributed by atoms with Gasteiger partial charge in [-0.2, -0.15) is 0 Å². The lowest BCUT2D eigenvalue weighted by Crippen LogP contribution is -2.22. The highest BCUT2D eigenvalue weighted by atomic mass is 19.1. The van der Waals surface area contributed by atoms with Gasteiger partial charge >= 0.3 is 0 Å². The molecule has 2 rings (SSSR count). The Bertz CT molecular complexity index is 570. The third-order valence-electron chi connectivity index (χ3n) is 2.59. The Morgan fingerprint density at radius 2 is 1.80 bits per heavy atom. The molecule has 0 bridgehead atoms. The van der Waals surface area contributed by atoms with Crippen molar-refractivity contribution < 1.29 is 4.39 Å². The number of anilines is 3. The molecule has 4 N–H and O–H groups in total. The van der Waals surface area contributed by atoms with Crippen LogP contribution >= 0.6 is 0 Å². The van der Waals surface area contributed by atoms with E-state index < -0.39 is 0 Å². The number of hydrazine groups is 1. The smallest absolute Gasteiger partial charge is 0.169 e. The summed E-state index contributed by atoms with van der Waals surface area (Å²) >= 11 is 0. The number of benzene rings is 1. The van der Waals surface area contributed by atoms with Crippen LogP contribution in [0.15, 0.2) is 30.6 Å². The highest BCUT2D eigenvalue weighted by Crippen LogP contribution is 2.22. The number of halogens is 1. The molecule has 0 aliphatic heterocycles. The topological polar surface area (TPSA) is 79.1 Å². The molecule has 7 heteroatoms. The summed E-state index contributed by atoms with van der Waals surface area (Å²) in [6.45, 7) is 0.503. The Balaban J connectivity index is 2.07. The fourth-order valence-electron chi connectivity index (χ4n) is 1.63. The van der Waals surface area contributed by atoms with Gasteiger partial charge in [-0.15, -0.1) is 0 Å². The number of nitrogens with two attached hydrogens (primary N) is 1. The number of hydrogen-bond donors (Lipinski definition) is 3. The van der Waals surface area contributed by atoms with Crippen LogP contribution < -0.4 is 16.5 Å². The summed E-state index contributed by atoms with van der Waals surface area (Å²) in [6.07, 6.45) is 1.43. The summed E-state index contributed by atoms with van der Waals surface area (Å²) in [4.78, 5) is 8.17. The van der Waals surface area contributed by atoms with Gasteiger partial charge in [-0.25, -0.2) is 19.4 Å². The molecule has 0 atom stereocenters. The van der Waals surface area contributed by atoms with Crippen molar-refractivity contribution in [1.29, 1.82) is 0 Å². The SMILES string of the molecule is CN(C)Nc1ncnc(NCc2ccc(F)cc2)c1N. The zero-order chi connectivity index (χ0) is 14.5. The van der Waals surface area contributed by atoms with Crippen LogP contribution in [0.4, 0.5) is 21.7 Å². The summed E-state index contributed by atoms with van der Waals surface area (Å²) in [6, 6.07) is 6.25. The molecule has 0 spiro atoms. The number of nitrogens with zero attached hydrogens (tertiary/aromatic N) is 3. The van der Waals surface area contributed by atoms with E-state index in [2.05, 4.69) is 20.7 Å². The highest BCUT2D eigenvalue weighted by Gasteiger charge is 2.08. The third-order valence-corrected chi connectivity index (χ3v) is 2.59. The van der Waals surface area contributed by atoms with E-state index in [-0.39, 0.29) is 5.82 Å². The number of nitrogens with one attached hydrogen (secondary N) is 2. The van der Waals surface area contributed by atoms with Gasteiger partial charge in [0.15, 0.2) is 11.6 Å². The molecular formula is C13H17FN6. The molecule has 1 aromatic heterocycles. The van der Waals surface area contributed by atoms with Crippen LogP contribution in [-0.4, -0.2) is 29.1 Å². The van der Waals surface area contributed by atoms with Gasteiger partial charge in [-0.1, -0.05) is 12.1 Å². The van der Waals surface area contributed by atoms with Gasteiger partial charge < -0.3 is 16.5 Å². The Hall–Kier alpha value is -2.41. The molecule has 1 aromatic carbocycles. The average molecular weight is 276 g/mol. The molecule has 0 saturated heterocycles. The van der Waals surface area contributed by atoms with Crippen molar-refractivity contribution in [2.75, 3.05) is 30.6 Å². The first-order chi connectivity index (χ1) is 9.56. The first kappa shape index (κ1) is 14.0. The lowest BCUT2D eigenvalue weighted by atomic mass is 10.2. The molecule has 0 aliphatic rings. The molecule has 2 aromatic rings. The number of aromatic nitrogens is 2.